The molecule has 2 atom stereocenters. The lowest BCUT2D eigenvalue weighted by Crippen LogP contribution is -2.00. The number of rotatable bonds is 2. The summed E-state index contributed by atoms with van der Waals surface area (Å²) in [4.78, 5) is 7.95. The van der Waals surface area contributed by atoms with E-state index in [4.69, 9.17) is 12.2 Å². The lowest BCUT2D eigenvalue weighted by molar-refractivity contribution is 0.810. The first-order valence-electron chi connectivity index (χ1n) is 5.46. The van der Waals surface area contributed by atoms with E-state index < -0.39 is 0 Å². The van der Waals surface area contributed by atoms with Gasteiger partial charge in [0.2, 0.25) is 0 Å². The van der Waals surface area contributed by atoms with Crippen molar-refractivity contribution in [2.75, 3.05) is 0 Å². The lowest BCUT2D eigenvalue weighted by Gasteiger charge is -2.06. The molecule has 0 radical (unpaired) electrons. The van der Waals surface area contributed by atoms with Gasteiger partial charge >= 0.3 is 0 Å². The van der Waals surface area contributed by atoms with Crippen LogP contribution in [0.5, 0.6) is 0 Å². The van der Waals surface area contributed by atoms with Gasteiger partial charge in [-0.15, -0.1) is 0 Å². The van der Waals surface area contributed by atoms with Gasteiger partial charge in [0.15, 0.2) is 0 Å². The third-order valence-electron chi connectivity index (χ3n) is 3.36. The highest BCUT2D eigenvalue weighted by atomic mass is 79.9. The zero-order valence-electron chi connectivity index (χ0n) is 8.59. The number of hydrogen-bond donors (Lipinski definition) is 1. The number of H-pyrrole nitrogens is 1. The van der Waals surface area contributed by atoms with E-state index in [1.165, 1.54) is 25.0 Å². The van der Waals surface area contributed by atoms with Gasteiger partial charge in [0.25, 0.3) is 0 Å². The highest BCUT2D eigenvalue weighted by Gasteiger charge is 2.37. The molecule has 0 bridgehead atoms. The maximum atomic E-state index is 5.28. The van der Waals surface area contributed by atoms with Gasteiger partial charge in [0.05, 0.1) is 4.47 Å². The fourth-order valence-electron chi connectivity index (χ4n) is 2.03. The Kier molecular flexibility index (Phi) is 2.25. The second kappa shape index (κ2) is 3.39. The van der Waals surface area contributed by atoms with Crippen LogP contribution in [0.3, 0.4) is 0 Å². The largest absolute Gasteiger partial charge is 0.346 e. The fraction of sp³-hybridized carbons (Fsp3) is 0.636. The molecule has 2 nitrogen and oxygen atoms in total. The molecule has 4 heteroatoms. The Morgan fingerprint density at radius 3 is 2.67 bits per heavy atom. The van der Waals surface area contributed by atoms with Crippen molar-refractivity contribution >= 4 is 28.1 Å². The zero-order chi connectivity index (χ0) is 10.6. The third-order valence-corrected chi connectivity index (χ3v) is 4.72. The Bertz CT molecular complexity index is 464. The highest BCUT2D eigenvalue weighted by Crippen LogP contribution is 2.47. The van der Waals surface area contributed by atoms with Gasteiger partial charge in [-0.25, -0.2) is 4.98 Å². The van der Waals surface area contributed by atoms with Crippen LogP contribution in [0.2, 0.25) is 0 Å². The van der Waals surface area contributed by atoms with Crippen molar-refractivity contribution in [1.82, 2.24) is 9.97 Å². The minimum absolute atomic E-state index is 0.622. The molecule has 1 aromatic rings. The van der Waals surface area contributed by atoms with Gasteiger partial charge in [-0.05, 0) is 41.1 Å². The van der Waals surface area contributed by atoms with Crippen LogP contribution in [0.4, 0.5) is 0 Å². The van der Waals surface area contributed by atoms with E-state index in [2.05, 4.69) is 32.8 Å². The monoisotopic (exact) mass is 284 g/mol. The SMILES string of the molecule is CC1CC1c1nc(=S)c(Br)c(C2CC2)[nH]1. The topological polar surface area (TPSA) is 28.7 Å². The number of aromatic nitrogens is 2. The highest BCUT2D eigenvalue weighted by molar-refractivity contribution is 9.10. The van der Waals surface area contributed by atoms with Crippen molar-refractivity contribution in [1.29, 1.82) is 0 Å². The summed E-state index contributed by atoms with van der Waals surface area (Å²) in [5.74, 6) is 3.20. The molecular weight excluding hydrogens is 272 g/mol. The molecule has 3 rings (SSSR count). The molecule has 1 aromatic heterocycles. The molecule has 2 unspecified atom stereocenters. The molecule has 0 aliphatic heterocycles. The smallest absolute Gasteiger partial charge is 0.144 e. The minimum atomic E-state index is 0.622. The molecule has 0 saturated heterocycles. The maximum Gasteiger partial charge on any atom is 0.144 e. The molecule has 0 spiro atoms. The third kappa shape index (κ3) is 1.78. The summed E-state index contributed by atoms with van der Waals surface area (Å²) in [5, 5.41) is 0. The van der Waals surface area contributed by atoms with Crippen LogP contribution < -0.4 is 0 Å². The van der Waals surface area contributed by atoms with Gasteiger partial charge < -0.3 is 4.98 Å². The van der Waals surface area contributed by atoms with E-state index >= 15 is 0 Å². The van der Waals surface area contributed by atoms with E-state index in [1.807, 2.05) is 0 Å². The van der Waals surface area contributed by atoms with E-state index in [0.29, 0.717) is 11.8 Å². The molecule has 2 saturated carbocycles. The van der Waals surface area contributed by atoms with Crippen molar-refractivity contribution in [3.8, 4) is 0 Å². The maximum absolute atomic E-state index is 5.28. The lowest BCUT2D eigenvalue weighted by atomic mass is 10.2. The summed E-state index contributed by atoms with van der Waals surface area (Å²) in [5.41, 5.74) is 1.28. The van der Waals surface area contributed by atoms with E-state index in [-0.39, 0.29) is 0 Å². The number of halogens is 1. The van der Waals surface area contributed by atoms with Gasteiger partial charge in [0, 0.05) is 17.5 Å². The molecule has 1 N–H and O–H groups in total. The summed E-state index contributed by atoms with van der Waals surface area (Å²) >= 11 is 8.82. The molecular formula is C11H13BrN2S. The summed E-state index contributed by atoms with van der Waals surface area (Å²) in [6, 6.07) is 0. The number of nitrogens with one attached hydrogen (secondary N) is 1. The minimum Gasteiger partial charge on any atom is -0.346 e. The first-order chi connectivity index (χ1) is 7.16. The van der Waals surface area contributed by atoms with Crippen LogP contribution in [-0.2, 0) is 0 Å². The van der Waals surface area contributed by atoms with Gasteiger partial charge in [0.1, 0.15) is 10.5 Å². The van der Waals surface area contributed by atoms with Gasteiger partial charge in [-0.2, -0.15) is 0 Å². The predicted molar refractivity (Wildman–Crippen MR) is 65.6 cm³/mol. The molecule has 1 heterocycles. The molecule has 2 fully saturated rings. The van der Waals surface area contributed by atoms with Crippen LogP contribution in [0.25, 0.3) is 0 Å². The van der Waals surface area contributed by atoms with Crippen molar-refractivity contribution in [3.05, 3.63) is 20.6 Å². The van der Waals surface area contributed by atoms with Gasteiger partial charge in [-0.3, -0.25) is 0 Å². The van der Waals surface area contributed by atoms with Crippen LogP contribution in [0.1, 0.15) is 49.5 Å². The zero-order valence-corrected chi connectivity index (χ0v) is 11.0. The van der Waals surface area contributed by atoms with Crippen LogP contribution in [0.15, 0.2) is 4.47 Å². The first kappa shape index (κ1) is 9.97. The van der Waals surface area contributed by atoms with Crippen molar-refractivity contribution < 1.29 is 0 Å². The molecule has 0 aromatic carbocycles. The first-order valence-corrected chi connectivity index (χ1v) is 6.66. The Labute approximate surface area is 103 Å². The number of hydrogen-bond acceptors (Lipinski definition) is 2. The molecule has 80 valence electrons. The predicted octanol–water partition coefficient (Wildman–Crippen LogP) is 3.90. The second-order valence-corrected chi connectivity index (χ2v) is 5.93. The Morgan fingerprint density at radius 1 is 1.47 bits per heavy atom. The Balaban J connectivity index is 2.05. The van der Waals surface area contributed by atoms with E-state index in [9.17, 15) is 0 Å². The van der Waals surface area contributed by atoms with E-state index in [0.717, 1.165) is 20.9 Å². The summed E-state index contributed by atoms with van der Waals surface area (Å²) < 4.78 is 1.74. The quantitative estimate of drug-likeness (QED) is 0.835. The van der Waals surface area contributed by atoms with Crippen molar-refractivity contribution in [3.63, 3.8) is 0 Å². The van der Waals surface area contributed by atoms with Crippen molar-refractivity contribution in [2.24, 2.45) is 5.92 Å². The average Bonchev–Trinajstić information content (AvgIpc) is 3.04. The summed E-state index contributed by atoms with van der Waals surface area (Å²) in [7, 11) is 0. The normalized spacial score (nSPS) is 29.2. The molecule has 2 aliphatic carbocycles. The van der Waals surface area contributed by atoms with Gasteiger partial charge in [-0.1, -0.05) is 19.1 Å². The molecule has 15 heavy (non-hydrogen) atoms. The van der Waals surface area contributed by atoms with Crippen LogP contribution in [-0.4, -0.2) is 9.97 Å². The van der Waals surface area contributed by atoms with E-state index in [1.54, 1.807) is 0 Å². The summed E-state index contributed by atoms with van der Waals surface area (Å²) in [6.45, 7) is 2.27. The average molecular weight is 285 g/mol. The Morgan fingerprint density at radius 2 is 2.13 bits per heavy atom. The summed E-state index contributed by atoms with van der Waals surface area (Å²) in [6.07, 6.45) is 3.82. The standard InChI is InChI=1S/C11H13BrN2S/c1-5-4-7(5)10-13-9(6-2-3-6)8(12)11(15)14-10/h5-7H,2-4H2,1H3,(H,13,14,15). The fourth-order valence-corrected chi connectivity index (χ4v) is 2.75. The molecule has 2 aliphatic rings. The number of aromatic amines is 1. The van der Waals surface area contributed by atoms with Crippen molar-refractivity contribution in [2.45, 2.75) is 38.0 Å². The molecule has 0 amide bonds. The number of nitrogens with zero attached hydrogens (tertiary/aromatic N) is 1. The second-order valence-electron chi connectivity index (χ2n) is 4.75. The van der Waals surface area contributed by atoms with Crippen LogP contribution in [0, 0.1) is 10.6 Å². The van der Waals surface area contributed by atoms with Crippen LogP contribution >= 0.6 is 28.1 Å². The Hall–Kier alpha value is -0.220.